The standard InChI is InChI=1S/C10H19N5O2S/c1-3-15-9(11)8(18(2,16)17)10(14-15)13-7-4-5-12-6-7/h7,12H,3-6,11H2,1-2H3,(H,13,14). The number of aryl methyl sites for hydroxylation is 1. The summed E-state index contributed by atoms with van der Waals surface area (Å²) < 4.78 is 25.1. The van der Waals surface area contributed by atoms with Gasteiger partial charge in [0.1, 0.15) is 5.82 Å². The maximum absolute atomic E-state index is 11.8. The van der Waals surface area contributed by atoms with Crippen LogP contribution in [0, 0.1) is 0 Å². The average molecular weight is 273 g/mol. The third-order valence-electron chi connectivity index (χ3n) is 3.02. The molecule has 1 aliphatic heterocycles. The lowest BCUT2D eigenvalue weighted by atomic mass is 10.2. The zero-order valence-electron chi connectivity index (χ0n) is 10.6. The lowest BCUT2D eigenvalue weighted by Gasteiger charge is -2.11. The van der Waals surface area contributed by atoms with Crippen molar-refractivity contribution in [1.29, 1.82) is 0 Å². The second-order valence-electron chi connectivity index (χ2n) is 4.48. The Morgan fingerprint density at radius 2 is 2.33 bits per heavy atom. The molecule has 2 heterocycles. The van der Waals surface area contributed by atoms with Gasteiger partial charge in [-0.15, -0.1) is 0 Å². The highest BCUT2D eigenvalue weighted by atomic mass is 32.2. The van der Waals surface area contributed by atoms with Gasteiger partial charge in [-0.1, -0.05) is 0 Å². The molecule has 0 bridgehead atoms. The zero-order valence-corrected chi connectivity index (χ0v) is 11.4. The molecule has 102 valence electrons. The van der Waals surface area contributed by atoms with Gasteiger partial charge in [0.25, 0.3) is 0 Å². The molecule has 0 spiro atoms. The molecule has 1 saturated heterocycles. The summed E-state index contributed by atoms with van der Waals surface area (Å²) in [6.45, 7) is 4.15. The van der Waals surface area contributed by atoms with E-state index in [1.165, 1.54) is 4.68 Å². The molecule has 0 amide bonds. The van der Waals surface area contributed by atoms with Gasteiger partial charge in [0, 0.05) is 25.4 Å². The van der Waals surface area contributed by atoms with Crippen LogP contribution in [-0.4, -0.2) is 43.6 Å². The minimum absolute atomic E-state index is 0.108. The Labute approximate surface area is 107 Å². The molecule has 8 heteroatoms. The van der Waals surface area contributed by atoms with Crippen molar-refractivity contribution in [2.75, 3.05) is 30.4 Å². The number of rotatable bonds is 4. The Morgan fingerprint density at radius 1 is 1.61 bits per heavy atom. The molecule has 2 rings (SSSR count). The van der Waals surface area contributed by atoms with E-state index < -0.39 is 9.84 Å². The van der Waals surface area contributed by atoms with Crippen molar-refractivity contribution >= 4 is 21.5 Å². The first-order chi connectivity index (χ1) is 8.43. The first-order valence-electron chi connectivity index (χ1n) is 5.97. The predicted octanol–water partition coefficient (Wildman–Crippen LogP) is -0.337. The fourth-order valence-electron chi connectivity index (χ4n) is 2.13. The van der Waals surface area contributed by atoms with Crippen LogP contribution in [0.4, 0.5) is 11.6 Å². The lowest BCUT2D eigenvalue weighted by molar-refractivity contribution is 0.602. The molecule has 0 radical (unpaired) electrons. The largest absolute Gasteiger partial charge is 0.383 e. The maximum atomic E-state index is 11.8. The van der Waals surface area contributed by atoms with Crippen molar-refractivity contribution in [3.63, 3.8) is 0 Å². The lowest BCUT2D eigenvalue weighted by Crippen LogP contribution is -2.23. The molecule has 1 atom stereocenters. The predicted molar refractivity (Wildman–Crippen MR) is 70.3 cm³/mol. The number of anilines is 2. The van der Waals surface area contributed by atoms with E-state index >= 15 is 0 Å². The summed E-state index contributed by atoms with van der Waals surface area (Å²) in [7, 11) is -3.39. The van der Waals surface area contributed by atoms with Gasteiger partial charge in [-0.3, -0.25) is 0 Å². The number of hydrogen-bond acceptors (Lipinski definition) is 6. The highest BCUT2D eigenvalue weighted by Crippen LogP contribution is 2.28. The number of nitrogens with one attached hydrogen (secondary N) is 2. The van der Waals surface area contributed by atoms with E-state index in [0.29, 0.717) is 12.4 Å². The van der Waals surface area contributed by atoms with Crippen molar-refractivity contribution < 1.29 is 8.42 Å². The molecule has 0 aromatic carbocycles. The second kappa shape index (κ2) is 4.77. The Balaban J connectivity index is 2.38. The topological polar surface area (TPSA) is 102 Å². The van der Waals surface area contributed by atoms with Crippen LogP contribution < -0.4 is 16.4 Å². The Kier molecular flexibility index (Phi) is 3.49. The smallest absolute Gasteiger partial charge is 0.182 e. The van der Waals surface area contributed by atoms with Crippen molar-refractivity contribution in [2.24, 2.45) is 0 Å². The van der Waals surface area contributed by atoms with Gasteiger partial charge in [0.15, 0.2) is 20.6 Å². The minimum Gasteiger partial charge on any atom is -0.383 e. The third-order valence-corrected chi connectivity index (χ3v) is 4.16. The van der Waals surface area contributed by atoms with Crippen molar-refractivity contribution in [3.8, 4) is 0 Å². The normalized spacial score (nSPS) is 20.2. The average Bonchev–Trinajstić information content (AvgIpc) is 2.85. The van der Waals surface area contributed by atoms with Crippen molar-refractivity contribution in [2.45, 2.75) is 30.8 Å². The van der Waals surface area contributed by atoms with Gasteiger partial charge in [-0.25, -0.2) is 13.1 Å². The van der Waals surface area contributed by atoms with Crippen molar-refractivity contribution in [3.05, 3.63) is 0 Å². The van der Waals surface area contributed by atoms with E-state index in [1.54, 1.807) is 0 Å². The SMILES string of the molecule is CCn1nc(NC2CCNC2)c(S(C)(=O)=O)c1N. The van der Waals surface area contributed by atoms with Crippen LogP contribution in [0.15, 0.2) is 4.90 Å². The summed E-state index contributed by atoms with van der Waals surface area (Å²) in [4.78, 5) is 0.108. The van der Waals surface area contributed by atoms with Crippen LogP contribution in [0.5, 0.6) is 0 Å². The van der Waals surface area contributed by atoms with E-state index in [-0.39, 0.29) is 16.8 Å². The number of aromatic nitrogens is 2. The number of nitrogens with two attached hydrogens (primary N) is 1. The molecule has 1 aromatic rings. The summed E-state index contributed by atoms with van der Waals surface area (Å²) >= 11 is 0. The van der Waals surface area contributed by atoms with E-state index in [9.17, 15) is 8.42 Å². The second-order valence-corrected chi connectivity index (χ2v) is 6.44. The highest BCUT2D eigenvalue weighted by Gasteiger charge is 2.26. The van der Waals surface area contributed by atoms with E-state index in [0.717, 1.165) is 25.8 Å². The molecule has 0 aliphatic carbocycles. The molecule has 7 nitrogen and oxygen atoms in total. The molecular formula is C10H19N5O2S. The molecular weight excluding hydrogens is 254 g/mol. The van der Waals surface area contributed by atoms with Crippen LogP contribution in [0.1, 0.15) is 13.3 Å². The molecule has 1 unspecified atom stereocenters. The summed E-state index contributed by atoms with van der Waals surface area (Å²) in [5.41, 5.74) is 5.84. The van der Waals surface area contributed by atoms with Crippen LogP contribution in [0.25, 0.3) is 0 Å². The van der Waals surface area contributed by atoms with Gasteiger partial charge in [0.05, 0.1) is 0 Å². The molecule has 1 fully saturated rings. The van der Waals surface area contributed by atoms with Crippen LogP contribution in [0.2, 0.25) is 0 Å². The van der Waals surface area contributed by atoms with E-state index in [4.69, 9.17) is 5.73 Å². The minimum atomic E-state index is -3.39. The van der Waals surface area contributed by atoms with Gasteiger partial charge in [-0.05, 0) is 19.9 Å². The molecule has 18 heavy (non-hydrogen) atoms. The Bertz CT molecular complexity index is 531. The summed E-state index contributed by atoms with van der Waals surface area (Å²) in [5, 5.41) is 10.6. The van der Waals surface area contributed by atoms with E-state index in [1.807, 2.05) is 6.92 Å². The zero-order chi connectivity index (χ0) is 13.3. The van der Waals surface area contributed by atoms with Crippen LogP contribution in [-0.2, 0) is 16.4 Å². The molecule has 0 saturated carbocycles. The van der Waals surface area contributed by atoms with Crippen LogP contribution in [0.3, 0.4) is 0 Å². The fraction of sp³-hybridized carbons (Fsp3) is 0.700. The van der Waals surface area contributed by atoms with Gasteiger partial charge >= 0.3 is 0 Å². The number of sulfone groups is 1. The molecule has 1 aromatic heterocycles. The number of nitrogen functional groups attached to an aromatic ring is 1. The number of nitrogens with zero attached hydrogens (tertiary/aromatic N) is 2. The summed E-state index contributed by atoms with van der Waals surface area (Å²) in [6.07, 6.45) is 2.10. The van der Waals surface area contributed by atoms with E-state index in [2.05, 4.69) is 15.7 Å². The maximum Gasteiger partial charge on any atom is 0.182 e. The van der Waals surface area contributed by atoms with Crippen LogP contribution >= 0.6 is 0 Å². The first-order valence-corrected chi connectivity index (χ1v) is 7.86. The van der Waals surface area contributed by atoms with Gasteiger partial charge in [-0.2, -0.15) is 5.10 Å². The third kappa shape index (κ3) is 2.44. The fourth-order valence-corrected chi connectivity index (χ4v) is 3.07. The Hall–Kier alpha value is -1.28. The molecule has 1 aliphatic rings. The van der Waals surface area contributed by atoms with Gasteiger partial charge < -0.3 is 16.4 Å². The number of hydrogen-bond donors (Lipinski definition) is 3. The first kappa shape index (κ1) is 13.2. The van der Waals surface area contributed by atoms with Gasteiger partial charge in [0.2, 0.25) is 0 Å². The van der Waals surface area contributed by atoms with Crippen molar-refractivity contribution in [1.82, 2.24) is 15.1 Å². The monoisotopic (exact) mass is 273 g/mol. The summed E-state index contributed by atoms with van der Waals surface area (Å²) in [5.74, 6) is 0.569. The quantitative estimate of drug-likeness (QED) is 0.694. The summed E-state index contributed by atoms with van der Waals surface area (Å²) in [6, 6.07) is 0.199. The Morgan fingerprint density at radius 3 is 2.83 bits per heavy atom. The molecule has 4 N–H and O–H groups in total. The highest BCUT2D eigenvalue weighted by molar-refractivity contribution is 7.91.